The molecule has 0 saturated heterocycles. The van der Waals surface area contributed by atoms with E-state index in [9.17, 15) is 14.4 Å². The Morgan fingerprint density at radius 3 is 2.45 bits per heavy atom. The van der Waals surface area contributed by atoms with Crippen molar-refractivity contribution in [3.05, 3.63) is 52.2 Å². The summed E-state index contributed by atoms with van der Waals surface area (Å²) in [4.78, 5) is 37.8. The van der Waals surface area contributed by atoms with Crippen molar-refractivity contribution in [2.75, 3.05) is 5.32 Å². The number of carbonyl (C=O) groups is 2. The standard InChI is InChI=1S/C13H13N3O4/c17-11(18)6-3-8-1-4-9(5-2-8)15-12(19)10-7-14-13(20)16-10/h1-2,4-5,7H,3,6H2,(H,15,19)(H,17,18)(H2,14,16,20). The van der Waals surface area contributed by atoms with E-state index < -0.39 is 17.6 Å². The molecule has 4 N–H and O–H groups in total. The Morgan fingerprint density at radius 1 is 1.20 bits per heavy atom. The number of amides is 1. The summed E-state index contributed by atoms with van der Waals surface area (Å²) in [7, 11) is 0. The highest BCUT2D eigenvalue weighted by Crippen LogP contribution is 2.12. The first-order chi connectivity index (χ1) is 9.54. The van der Waals surface area contributed by atoms with Gasteiger partial charge in [-0.05, 0) is 24.1 Å². The number of hydrogen-bond donors (Lipinski definition) is 4. The van der Waals surface area contributed by atoms with Crippen LogP contribution in [0.5, 0.6) is 0 Å². The number of aromatic nitrogens is 2. The van der Waals surface area contributed by atoms with Gasteiger partial charge in [0.1, 0.15) is 5.69 Å². The summed E-state index contributed by atoms with van der Waals surface area (Å²) in [5.74, 6) is -1.28. The van der Waals surface area contributed by atoms with Gasteiger partial charge < -0.3 is 20.4 Å². The summed E-state index contributed by atoms with van der Waals surface area (Å²) in [6.45, 7) is 0. The van der Waals surface area contributed by atoms with Gasteiger partial charge in [0.25, 0.3) is 5.91 Å². The fourth-order valence-corrected chi connectivity index (χ4v) is 1.66. The van der Waals surface area contributed by atoms with Gasteiger partial charge in [0.2, 0.25) is 0 Å². The number of benzene rings is 1. The number of carboxylic acids is 1. The fraction of sp³-hybridized carbons (Fsp3) is 0.154. The molecule has 2 rings (SSSR count). The number of aryl methyl sites for hydroxylation is 1. The minimum Gasteiger partial charge on any atom is -0.481 e. The molecular formula is C13H13N3O4. The van der Waals surface area contributed by atoms with Crippen molar-refractivity contribution in [1.29, 1.82) is 0 Å². The molecule has 7 heteroatoms. The van der Waals surface area contributed by atoms with Gasteiger partial charge in [-0.15, -0.1) is 0 Å². The molecule has 0 fully saturated rings. The molecule has 0 unspecified atom stereocenters. The number of anilines is 1. The van der Waals surface area contributed by atoms with Crippen LogP contribution in [0.1, 0.15) is 22.5 Å². The van der Waals surface area contributed by atoms with Crippen LogP contribution in [-0.2, 0) is 11.2 Å². The molecule has 0 aliphatic rings. The third-order valence-corrected chi connectivity index (χ3v) is 2.68. The second-order valence-electron chi connectivity index (χ2n) is 4.20. The lowest BCUT2D eigenvalue weighted by Crippen LogP contribution is -2.14. The Balaban J connectivity index is 1.98. The van der Waals surface area contributed by atoms with Crippen molar-refractivity contribution in [1.82, 2.24) is 9.97 Å². The van der Waals surface area contributed by atoms with E-state index in [1.165, 1.54) is 6.20 Å². The molecule has 1 amide bonds. The van der Waals surface area contributed by atoms with Crippen LogP contribution >= 0.6 is 0 Å². The highest BCUT2D eigenvalue weighted by Gasteiger charge is 2.08. The molecule has 1 aromatic carbocycles. The zero-order valence-electron chi connectivity index (χ0n) is 10.5. The average molecular weight is 275 g/mol. The van der Waals surface area contributed by atoms with Gasteiger partial charge in [-0.3, -0.25) is 9.59 Å². The molecule has 7 nitrogen and oxygen atoms in total. The molecule has 0 atom stereocenters. The van der Waals surface area contributed by atoms with E-state index in [2.05, 4.69) is 15.3 Å². The highest BCUT2D eigenvalue weighted by molar-refractivity contribution is 6.02. The molecule has 0 bridgehead atoms. The van der Waals surface area contributed by atoms with Gasteiger partial charge >= 0.3 is 11.7 Å². The van der Waals surface area contributed by atoms with Crippen LogP contribution in [0.4, 0.5) is 5.69 Å². The zero-order chi connectivity index (χ0) is 14.5. The normalized spacial score (nSPS) is 10.2. The molecule has 0 spiro atoms. The number of carboxylic acid groups (broad SMARTS) is 1. The first-order valence-electron chi connectivity index (χ1n) is 5.94. The van der Waals surface area contributed by atoms with Crippen molar-refractivity contribution in [2.24, 2.45) is 0 Å². The predicted molar refractivity (Wildman–Crippen MR) is 71.8 cm³/mol. The van der Waals surface area contributed by atoms with Crippen LogP contribution in [0.15, 0.2) is 35.3 Å². The second kappa shape index (κ2) is 5.87. The maximum absolute atomic E-state index is 11.7. The summed E-state index contributed by atoms with van der Waals surface area (Å²) in [5, 5.41) is 11.2. The number of hydrogen-bond acceptors (Lipinski definition) is 3. The predicted octanol–water partition coefficient (Wildman–Crippen LogP) is 0.972. The van der Waals surface area contributed by atoms with Crippen molar-refractivity contribution in [3.8, 4) is 0 Å². The Labute approximate surface area is 113 Å². The van der Waals surface area contributed by atoms with Gasteiger partial charge in [0.15, 0.2) is 0 Å². The molecule has 1 aromatic heterocycles. The first kappa shape index (κ1) is 13.6. The SMILES string of the molecule is O=C(O)CCc1ccc(NC(=O)c2c[nH]c(=O)[nH]2)cc1. The van der Waals surface area contributed by atoms with Crippen LogP contribution in [0, 0.1) is 0 Å². The average Bonchev–Trinajstić information content (AvgIpc) is 2.85. The lowest BCUT2D eigenvalue weighted by Gasteiger charge is -2.04. The van der Waals surface area contributed by atoms with Crippen LogP contribution in [0.2, 0.25) is 0 Å². The largest absolute Gasteiger partial charge is 0.481 e. The maximum Gasteiger partial charge on any atom is 0.323 e. The first-order valence-corrected chi connectivity index (χ1v) is 5.94. The molecule has 0 saturated carbocycles. The monoisotopic (exact) mass is 275 g/mol. The molecule has 1 heterocycles. The van der Waals surface area contributed by atoms with E-state index in [0.717, 1.165) is 5.56 Å². The Bertz CT molecular complexity index is 669. The molecule has 0 aliphatic heterocycles. The maximum atomic E-state index is 11.7. The smallest absolute Gasteiger partial charge is 0.323 e. The van der Waals surface area contributed by atoms with Crippen molar-refractivity contribution in [3.63, 3.8) is 0 Å². The van der Waals surface area contributed by atoms with E-state index in [-0.39, 0.29) is 12.1 Å². The minimum absolute atomic E-state index is 0.0658. The van der Waals surface area contributed by atoms with Gasteiger partial charge in [0, 0.05) is 18.3 Å². The van der Waals surface area contributed by atoms with Crippen molar-refractivity contribution >= 4 is 17.6 Å². The number of aromatic amines is 2. The molecule has 0 radical (unpaired) electrons. The van der Waals surface area contributed by atoms with E-state index in [1.807, 2.05) is 0 Å². The number of nitrogens with one attached hydrogen (secondary N) is 3. The fourth-order valence-electron chi connectivity index (χ4n) is 1.66. The van der Waals surface area contributed by atoms with Gasteiger partial charge in [0.05, 0.1) is 0 Å². The van der Waals surface area contributed by atoms with E-state index >= 15 is 0 Å². The zero-order valence-corrected chi connectivity index (χ0v) is 10.5. The highest BCUT2D eigenvalue weighted by atomic mass is 16.4. The molecule has 0 aliphatic carbocycles. The van der Waals surface area contributed by atoms with Gasteiger partial charge in [-0.2, -0.15) is 0 Å². The van der Waals surface area contributed by atoms with Crippen LogP contribution in [0.25, 0.3) is 0 Å². The number of H-pyrrole nitrogens is 2. The number of rotatable bonds is 5. The number of aliphatic carboxylic acids is 1. The second-order valence-corrected chi connectivity index (χ2v) is 4.20. The van der Waals surface area contributed by atoms with Crippen LogP contribution < -0.4 is 11.0 Å². The van der Waals surface area contributed by atoms with Crippen LogP contribution in [0.3, 0.4) is 0 Å². The summed E-state index contributed by atoms with van der Waals surface area (Å²) in [5.41, 5.74) is 1.14. The Kier molecular flexibility index (Phi) is 3.99. The molecule has 20 heavy (non-hydrogen) atoms. The molecule has 2 aromatic rings. The van der Waals surface area contributed by atoms with Crippen LogP contribution in [-0.4, -0.2) is 27.0 Å². The van der Waals surface area contributed by atoms with E-state index in [4.69, 9.17) is 5.11 Å². The summed E-state index contributed by atoms with van der Waals surface area (Å²) < 4.78 is 0. The lowest BCUT2D eigenvalue weighted by molar-refractivity contribution is -0.136. The Hall–Kier alpha value is -2.83. The number of carbonyl (C=O) groups excluding carboxylic acids is 1. The number of imidazole rings is 1. The minimum atomic E-state index is -0.848. The summed E-state index contributed by atoms with van der Waals surface area (Å²) in [6, 6.07) is 6.86. The topological polar surface area (TPSA) is 115 Å². The quantitative estimate of drug-likeness (QED) is 0.650. The van der Waals surface area contributed by atoms with Gasteiger partial charge in [-0.25, -0.2) is 4.79 Å². The Morgan fingerprint density at radius 2 is 1.90 bits per heavy atom. The van der Waals surface area contributed by atoms with E-state index in [0.29, 0.717) is 12.1 Å². The third-order valence-electron chi connectivity index (χ3n) is 2.68. The lowest BCUT2D eigenvalue weighted by atomic mass is 10.1. The molecule has 104 valence electrons. The van der Waals surface area contributed by atoms with Crippen molar-refractivity contribution in [2.45, 2.75) is 12.8 Å². The summed E-state index contributed by atoms with van der Waals surface area (Å²) >= 11 is 0. The van der Waals surface area contributed by atoms with Gasteiger partial charge in [-0.1, -0.05) is 12.1 Å². The molecular weight excluding hydrogens is 262 g/mol. The van der Waals surface area contributed by atoms with Crippen molar-refractivity contribution < 1.29 is 14.7 Å². The van der Waals surface area contributed by atoms with E-state index in [1.54, 1.807) is 24.3 Å². The summed E-state index contributed by atoms with van der Waals surface area (Å²) in [6.07, 6.45) is 1.80. The third kappa shape index (κ3) is 3.58.